The zero-order valence-corrected chi connectivity index (χ0v) is 30.1. The average molecular weight is 711 g/mol. The number of carbonyl (C=O) groups excluding carboxylic acids is 1. The molecule has 13 heteroatoms. The summed E-state index contributed by atoms with van der Waals surface area (Å²) in [5.74, 6) is -0.860. The molecule has 2 aromatic carbocycles. The maximum Gasteiger partial charge on any atom is 0.306 e. The van der Waals surface area contributed by atoms with Crippen LogP contribution >= 0.6 is 0 Å². The van der Waals surface area contributed by atoms with E-state index in [4.69, 9.17) is 14.7 Å². The van der Waals surface area contributed by atoms with Crippen molar-refractivity contribution in [1.82, 2.24) is 15.0 Å². The first-order valence-corrected chi connectivity index (χ1v) is 20.1. The van der Waals surface area contributed by atoms with Gasteiger partial charge in [0.05, 0.1) is 33.8 Å². The molecule has 4 aromatic rings. The fraction of sp³-hybridized carbons (Fsp3) is 0.444. The van der Waals surface area contributed by atoms with Crippen molar-refractivity contribution in [1.29, 1.82) is 0 Å². The first-order chi connectivity index (χ1) is 23.0. The SMILES string of the molecule is CCc1cc(-c2ccc(CS(=O)(=O)Cc3ccc(S(C)(=O)=O)cc3)c(F)c2)nc2cnc(NC3CCC(CC(=O)OC(C)(C)C)CC3)nc12. The number of anilines is 1. The van der Waals surface area contributed by atoms with Gasteiger partial charge in [-0.05, 0) is 94.2 Å². The normalized spacial score (nSPS) is 17.2. The highest BCUT2D eigenvalue weighted by molar-refractivity contribution is 7.90. The lowest BCUT2D eigenvalue weighted by molar-refractivity contribution is -0.156. The van der Waals surface area contributed by atoms with Crippen molar-refractivity contribution >= 4 is 42.6 Å². The van der Waals surface area contributed by atoms with E-state index in [-0.39, 0.29) is 28.2 Å². The number of nitrogens with zero attached hydrogens (tertiary/aromatic N) is 3. The van der Waals surface area contributed by atoms with Gasteiger partial charge in [-0.25, -0.2) is 36.2 Å². The molecule has 0 aliphatic heterocycles. The van der Waals surface area contributed by atoms with Crippen molar-refractivity contribution in [3.05, 3.63) is 77.2 Å². The fourth-order valence-electron chi connectivity index (χ4n) is 6.09. The van der Waals surface area contributed by atoms with Gasteiger partial charge in [-0.1, -0.05) is 31.2 Å². The molecule has 0 saturated heterocycles. The van der Waals surface area contributed by atoms with Gasteiger partial charge >= 0.3 is 5.97 Å². The molecule has 10 nitrogen and oxygen atoms in total. The molecule has 1 aliphatic carbocycles. The fourth-order valence-corrected chi connectivity index (χ4v) is 8.23. The number of sulfone groups is 2. The maximum absolute atomic E-state index is 15.3. The summed E-state index contributed by atoms with van der Waals surface area (Å²) in [4.78, 5) is 26.3. The summed E-state index contributed by atoms with van der Waals surface area (Å²) in [7, 11) is -7.15. The summed E-state index contributed by atoms with van der Waals surface area (Å²) in [5.41, 5.74) is 3.18. The third kappa shape index (κ3) is 9.81. The van der Waals surface area contributed by atoms with Crippen molar-refractivity contribution in [2.75, 3.05) is 11.6 Å². The smallest absolute Gasteiger partial charge is 0.306 e. The third-order valence-electron chi connectivity index (χ3n) is 8.52. The highest BCUT2D eigenvalue weighted by Gasteiger charge is 2.26. The molecule has 262 valence electrons. The lowest BCUT2D eigenvalue weighted by atomic mass is 9.84. The number of carbonyl (C=O) groups is 1. The Hall–Kier alpha value is -3.97. The molecule has 0 unspecified atom stereocenters. The topological polar surface area (TPSA) is 145 Å². The molecule has 2 aromatic heterocycles. The van der Waals surface area contributed by atoms with Crippen LogP contribution in [0.25, 0.3) is 22.3 Å². The van der Waals surface area contributed by atoms with E-state index in [1.54, 1.807) is 12.3 Å². The molecule has 0 bridgehead atoms. The second kappa shape index (κ2) is 14.5. The Morgan fingerprint density at radius 1 is 0.939 bits per heavy atom. The van der Waals surface area contributed by atoms with Crippen LogP contribution in [0, 0.1) is 11.7 Å². The quantitative estimate of drug-likeness (QED) is 0.169. The van der Waals surface area contributed by atoms with E-state index in [0.717, 1.165) is 37.5 Å². The summed E-state index contributed by atoms with van der Waals surface area (Å²) >= 11 is 0. The third-order valence-corrected chi connectivity index (χ3v) is 11.2. The Morgan fingerprint density at radius 3 is 2.24 bits per heavy atom. The molecular weight excluding hydrogens is 668 g/mol. The van der Waals surface area contributed by atoms with Crippen molar-refractivity contribution in [3.8, 4) is 11.3 Å². The minimum atomic E-state index is -3.75. The Balaban J connectivity index is 1.25. The van der Waals surface area contributed by atoms with Gasteiger partial charge in [0.25, 0.3) is 0 Å². The molecular formula is C36H43FN4O6S2. The predicted octanol–water partition coefficient (Wildman–Crippen LogP) is 6.61. The Kier molecular flexibility index (Phi) is 10.7. The maximum atomic E-state index is 15.3. The van der Waals surface area contributed by atoms with Gasteiger partial charge in [-0.15, -0.1) is 0 Å². The number of aryl methyl sites for hydroxylation is 1. The Morgan fingerprint density at radius 2 is 1.63 bits per heavy atom. The minimum Gasteiger partial charge on any atom is -0.460 e. The summed E-state index contributed by atoms with van der Waals surface area (Å²) in [5, 5.41) is 3.45. The molecule has 1 saturated carbocycles. The van der Waals surface area contributed by atoms with Crippen molar-refractivity contribution in [2.45, 2.75) is 94.3 Å². The van der Waals surface area contributed by atoms with E-state index in [1.807, 2.05) is 33.8 Å². The van der Waals surface area contributed by atoms with Crippen molar-refractivity contribution in [3.63, 3.8) is 0 Å². The lowest BCUT2D eigenvalue weighted by Crippen LogP contribution is -2.30. The van der Waals surface area contributed by atoms with Crippen LogP contribution in [-0.4, -0.2) is 55.7 Å². The van der Waals surface area contributed by atoms with Crippen LogP contribution in [0.5, 0.6) is 0 Å². The van der Waals surface area contributed by atoms with E-state index in [2.05, 4.69) is 10.3 Å². The average Bonchev–Trinajstić information content (AvgIpc) is 3.01. The summed E-state index contributed by atoms with van der Waals surface area (Å²) < 4.78 is 70.0. The van der Waals surface area contributed by atoms with Gasteiger partial charge in [-0.3, -0.25) is 4.79 Å². The van der Waals surface area contributed by atoms with Crippen LogP contribution < -0.4 is 5.32 Å². The number of nitrogens with one attached hydrogen (secondary N) is 1. The molecule has 0 atom stereocenters. The van der Waals surface area contributed by atoms with E-state index < -0.39 is 36.8 Å². The number of benzene rings is 2. The second-order valence-electron chi connectivity index (χ2n) is 13.9. The highest BCUT2D eigenvalue weighted by atomic mass is 32.2. The van der Waals surface area contributed by atoms with Crippen molar-refractivity contribution in [2.24, 2.45) is 5.92 Å². The first-order valence-electron chi connectivity index (χ1n) is 16.4. The van der Waals surface area contributed by atoms with Crippen LogP contribution in [0.3, 0.4) is 0 Å². The van der Waals surface area contributed by atoms with Gasteiger partial charge in [0.1, 0.15) is 16.9 Å². The molecule has 1 aliphatic rings. The molecule has 0 spiro atoms. The highest BCUT2D eigenvalue weighted by Crippen LogP contribution is 2.31. The Labute approximate surface area is 287 Å². The number of pyridine rings is 1. The van der Waals surface area contributed by atoms with Gasteiger partial charge in [0, 0.05) is 29.8 Å². The number of hydrogen-bond donors (Lipinski definition) is 1. The van der Waals surface area contributed by atoms with Gasteiger partial charge in [0.15, 0.2) is 19.7 Å². The predicted molar refractivity (Wildman–Crippen MR) is 188 cm³/mol. The zero-order chi connectivity index (χ0) is 35.6. The van der Waals surface area contributed by atoms with Crippen LogP contribution in [0.2, 0.25) is 0 Å². The monoisotopic (exact) mass is 710 g/mol. The number of ether oxygens (including phenoxy) is 1. The zero-order valence-electron chi connectivity index (χ0n) is 28.5. The van der Waals surface area contributed by atoms with Crippen LogP contribution in [-0.2, 0) is 47.1 Å². The molecule has 5 rings (SSSR count). The number of hydrogen-bond acceptors (Lipinski definition) is 10. The van der Waals surface area contributed by atoms with Crippen LogP contribution in [0.4, 0.5) is 10.3 Å². The molecule has 0 amide bonds. The summed E-state index contributed by atoms with van der Waals surface area (Å²) in [6.45, 7) is 7.63. The lowest BCUT2D eigenvalue weighted by Gasteiger charge is -2.29. The summed E-state index contributed by atoms with van der Waals surface area (Å²) in [6.07, 6.45) is 7.44. The number of esters is 1. The second-order valence-corrected chi connectivity index (χ2v) is 17.9. The van der Waals surface area contributed by atoms with E-state index in [0.29, 0.717) is 52.6 Å². The molecule has 1 fully saturated rings. The van der Waals surface area contributed by atoms with Crippen LogP contribution in [0.1, 0.15) is 76.5 Å². The number of fused-ring (bicyclic) bond motifs is 1. The standard InChI is InChI=1S/C36H43FN4O6S2/c1-6-25-19-31(26-11-12-27(30(37)18-26)22-49(45,46)21-24-9-15-29(16-10-24)48(5,43)44)40-32-20-38-35(41-34(25)32)39-28-13-7-23(8-14-28)17-33(42)47-36(2,3)4/h9-12,15-16,18-20,23,28H,6-8,13-14,17,21-22H2,1-5H3,(H,38,39,41). The first kappa shape index (κ1) is 36.3. The van der Waals surface area contributed by atoms with Crippen molar-refractivity contribution < 1.29 is 30.8 Å². The largest absolute Gasteiger partial charge is 0.460 e. The molecule has 2 heterocycles. The van der Waals surface area contributed by atoms with Gasteiger partial charge in [0.2, 0.25) is 5.95 Å². The summed E-state index contributed by atoms with van der Waals surface area (Å²) in [6, 6.07) is 12.1. The van der Waals surface area contributed by atoms with Gasteiger partial charge in [-0.2, -0.15) is 0 Å². The molecule has 49 heavy (non-hydrogen) atoms. The number of rotatable bonds is 11. The van der Waals surface area contributed by atoms with Crippen LogP contribution in [0.15, 0.2) is 59.6 Å². The minimum absolute atomic E-state index is 0.0333. The van der Waals surface area contributed by atoms with Gasteiger partial charge < -0.3 is 10.1 Å². The number of aromatic nitrogens is 3. The Bertz CT molecular complexity index is 2060. The van der Waals surface area contributed by atoms with E-state index in [9.17, 15) is 21.6 Å². The van der Waals surface area contributed by atoms with E-state index >= 15 is 4.39 Å². The molecule has 1 N–H and O–H groups in total. The molecule has 0 radical (unpaired) electrons. The number of halogens is 1. The van der Waals surface area contributed by atoms with E-state index in [1.165, 1.54) is 36.4 Å².